The van der Waals surface area contributed by atoms with Gasteiger partial charge in [0.2, 0.25) is 21.9 Å². The lowest BCUT2D eigenvalue weighted by Gasteiger charge is -2.13. The van der Waals surface area contributed by atoms with Crippen LogP contribution in [-0.4, -0.2) is 97.5 Å². The highest BCUT2D eigenvalue weighted by molar-refractivity contribution is 7.89. The highest BCUT2D eigenvalue weighted by atomic mass is 35.5. The molecule has 4 rings (SSSR count). The number of carbonyl (C=O) groups is 1. The Morgan fingerprint density at radius 2 is 1.45 bits per heavy atom. The van der Waals surface area contributed by atoms with Gasteiger partial charge in [0.05, 0.1) is 22.2 Å². The Bertz CT molecular complexity index is 1750. The third-order valence-corrected chi connectivity index (χ3v) is 9.05. The molecular weight excluding hydrogens is 689 g/mol. The lowest BCUT2D eigenvalue weighted by molar-refractivity contribution is 0.156. The summed E-state index contributed by atoms with van der Waals surface area (Å²) in [7, 11) is 2.40. The van der Waals surface area contributed by atoms with Gasteiger partial charge in [-0.2, -0.15) is 0 Å². The minimum absolute atomic E-state index is 0.165. The van der Waals surface area contributed by atoms with Crippen LogP contribution >= 0.6 is 23.2 Å². The maximum atomic E-state index is 11.6. The number of sulfonamides is 1. The van der Waals surface area contributed by atoms with Crippen LogP contribution in [-0.2, 0) is 10.0 Å². The van der Waals surface area contributed by atoms with E-state index in [9.17, 15) is 13.2 Å². The van der Waals surface area contributed by atoms with Crippen molar-refractivity contribution in [2.45, 2.75) is 26.2 Å². The summed E-state index contributed by atoms with van der Waals surface area (Å²) in [4.78, 5) is 31.2. The number of halogens is 2. The van der Waals surface area contributed by atoms with Crippen molar-refractivity contribution in [2.75, 3.05) is 68.6 Å². The molecule has 0 fully saturated rings. The predicted octanol–water partition coefficient (Wildman–Crippen LogP) is 6.20. The second-order valence-corrected chi connectivity index (χ2v) is 13.8. The molecule has 16 heteroatoms. The Kier molecular flexibility index (Phi) is 15.7. The molecule has 0 unspecified atom stereocenters. The largest absolute Gasteiger partial charge is 0.465 e. The molecule has 0 aliphatic rings. The summed E-state index contributed by atoms with van der Waals surface area (Å²) in [6, 6.07) is 17.0. The van der Waals surface area contributed by atoms with Crippen molar-refractivity contribution >= 4 is 56.9 Å². The lowest BCUT2D eigenvalue weighted by Crippen LogP contribution is -2.28. The number of nitrogens with zero attached hydrogens (tertiary/aromatic N) is 6. The van der Waals surface area contributed by atoms with E-state index >= 15 is 0 Å². The van der Waals surface area contributed by atoms with E-state index in [-0.39, 0.29) is 5.75 Å². The number of hydrogen-bond donors (Lipinski definition) is 4. The predicted molar refractivity (Wildman–Crippen MR) is 198 cm³/mol. The van der Waals surface area contributed by atoms with E-state index in [4.69, 9.17) is 28.3 Å². The molecule has 2 aromatic carbocycles. The van der Waals surface area contributed by atoms with Gasteiger partial charge in [-0.15, -0.1) is 0 Å². The number of carboxylic acid groups (broad SMARTS) is 1. The van der Waals surface area contributed by atoms with Gasteiger partial charge in [0.1, 0.15) is 0 Å². The average molecular weight is 733 g/mol. The summed E-state index contributed by atoms with van der Waals surface area (Å²) in [5.41, 5.74) is 4.45. The van der Waals surface area contributed by atoms with E-state index in [1.165, 1.54) is 11.9 Å². The Morgan fingerprint density at radius 3 is 2.04 bits per heavy atom. The highest BCUT2D eigenvalue weighted by Crippen LogP contribution is 2.29. The molecule has 0 aliphatic carbocycles. The summed E-state index contributed by atoms with van der Waals surface area (Å²) in [5, 5.41) is 16.1. The minimum atomic E-state index is -3.14. The lowest BCUT2D eigenvalue weighted by atomic mass is 10.1. The maximum absolute atomic E-state index is 11.6. The highest BCUT2D eigenvalue weighted by Gasteiger charge is 2.09. The first-order valence-corrected chi connectivity index (χ1v) is 18.1. The molecule has 4 N–H and O–H groups in total. The van der Waals surface area contributed by atoms with Gasteiger partial charge in [-0.1, -0.05) is 42.3 Å². The molecule has 0 saturated carbocycles. The van der Waals surface area contributed by atoms with Crippen LogP contribution in [0.15, 0.2) is 67.0 Å². The smallest absolute Gasteiger partial charge is 0.407 e. The summed E-state index contributed by atoms with van der Waals surface area (Å²) in [6.07, 6.45) is 4.34. The SMILES string of the molecule is CCCS(=O)(=O)NCCCNc1nccc(-c2ccc(N(C)C)cc2)n1.CN(CCCNc1nccc(-c2ccc(Cl)cc2Cl)n1)C(=O)O. The second kappa shape index (κ2) is 19.7. The van der Waals surface area contributed by atoms with Gasteiger partial charge in [-0.05, 0) is 61.7 Å². The molecular formula is C33H43Cl2N9O4S. The average Bonchev–Trinajstić information content (AvgIpc) is 3.07. The quantitative estimate of drug-likeness (QED) is 0.0969. The molecule has 264 valence electrons. The van der Waals surface area contributed by atoms with Crippen LogP contribution in [0.4, 0.5) is 22.4 Å². The van der Waals surface area contributed by atoms with Gasteiger partial charge < -0.3 is 25.5 Å². The zero-order valence-corrected chi connectivity index (χ0v) is 30.4. The number of aromatic nitrogens is 4. The minimum Gasteiger partial charge on any atom is -0.465 e. The van der Waals surface area contributed by atoms with Crippen molar-refractivity contribution in [3.63, 3.8) is 0 Å². The van der Waals surface area contributed by atoms with E-state index in [2.05, 4.69) is 35.3 Å². The Labute approximate surface area is 298 Å². The topological polar surface area (TPSA) is 166 Å². The van der Waals surface area contributed by atoms with Crippen molar-refractivity contribution in [1.29, 1.82) is 0 Å². The zero-order valence-electron chi connectivity index (χ0n) is 28.0. The fourth-order valence-electron chi connectivity index (χ4n) is 4.30. The Balaban J connectivity index is 0.000000267. The molecule has 4 aromatic rings. The number of hydrogen-bond acceptors (Lipinski definition) is 10. The number of rotatable bonds is 16. The first-order valence-electron chi connectivity index (χ1n) is 15.7. The molecule has 1 amide bonds. The van der Waals surface area contributed by atoms with Crippen molar-refractivity contribution in [3.05, 3.63) is 77.0 Å². The summed E-state index contributed by atoms with van der Waals surface area (Å²) in [6.45, 7) is 3.85. The van der Waals surface area contributed by atoms with Gasteiger partial charge in [0.15, 0.2) is 0 Å². The molecule has 2 aromatic heterocycles. The molecule has 0 saturated heterocycles. The molecule has 13 nitrogen and oxygen atoms in total. The third-order valence-electron chi connectivity index (χ3n) is 6.91. The van der Waals surface area contributed by atoms with Crippen LogP contribution in [0, 0.1) is 0 Å². The van der Waals surface area contributed by atoms with Crippen molar-refractivity contribution in [1.82, 2.24) is 29.6 Å². The first-order chi connectivity index (χ1) is 23.4. The molecule has 0 atom stereocenters. The normalized spacial score (nSPS) is 10.9. The van der Waals surface area contributed by atoms with Crippen molar-refractivity contribution in [3.8, 4) is 22.5 Å². The Hall–Kier alpha value is -4.24. The van der Waals surface area contributed by atoms with Crippen LogP contribution in [0.2, 0.25) is 10.0 Å². The number of nitrogens with one attached hydrogen (secondary N) is 3. The van der Waals surface area contributed by atoms with Gasteiger partial charge in [-0.25, -0.2) is 37.9 Å². The monoisotopic (exact) mass is 731 g/mol. The van der Waals surface area contributed by atoms with Crippen LogP contribution < -0.4 is 20.3 Å². The van der Waals surface area contributed by atoms with Crippen LogP contribution in [0.1, 0.15) is 26.2 Å². The molecule has 0 radical (unpaired) electrons. The molecule has 0 aliphatic heterocycles. The maximum Gasteiger partial charge on any atom is 0.407 e. The number of amides is 1. The van der Waals surface area contributed by atoms with Crippen LogP contribution in [0.25, 0.3) is 22.5 Å². The fraction of sp³-hybridized carbons (Fsp3) is 0.364. The summed E-state index contributed by atoms with van der Waals surface area (Å²) < 4.78 is 25.7. The standard InChI is InChI=1S/C18H27N5O2S.C15H16Cl2N4O2/c1-4-14-26(24,25)21-12-5-11-19-18-20-13-10-17(22-18)15-6-8-16(9-7-15)23(2)3;1-21(15(22)23)8-2-6-18-14-19-7-5-13(20-14)11-4-3-10(16)9-12(11)17/h6-10,13,21H,4-5,11-12,14H2,1-3H3,(H,19,20,22);3-5,7,9H,2,6,8H2,1H3,(H,22,23)(H,18,19,20). The number of benzene rings is 2. The molecule has 0 spiro atoms. The van der Waals surface area contributed by atoms with Gasteiger partial charge >= 0.3 is 6.09 Å². The van der Waals surface area contributed by atoms with E-state index in [0.29, 0.717) is 73.1 Å². The second-order valence-electron chi connectivity index (χ2n) is 11.1. The molecule has 0 bridgehead atoms. The summed E-state index contributed by atoms with van der Waals surface area (Å²) >= 11 is 12.1. The molecule has 2 heterocycles. The molecule has 49 heavy (non-hydrogen) atoms. The van der Waals surface area contributed by atoms with E-state index in [1.807, 2.05) is 56.3 Å². The van der Waals surface area contributed by atoms with Crippen LogP contribution in [0.3, 0.4) is 0 Å². The zero-order chi connectivity index (χ0) is 35.8. The van der Waals surface area contributed by atoms with E-state index in [1.54, 1.807) is 36.7 Å². The van der Waals surface area contributed by atoms with E-state index < -0.39 is 16.1 Å². The third kappa shape index (κ3) is 13.7. The van der Waals surface area contributed by atoms with Crippen LogP contribution in [0.5, 0.6) is 0 Å². The summed E-state index contributed by atoms with van der Waals surface area (Å²) in [5.74, 6) is 1.17. The Morgan fingerprint density at radius 1 is 0.837 bits per heavy atom. The van der Waals surface area contributed by atoms with Crippen molar-refractivity contribution in [2.24, 2.45) is 0 Å². The fourth-order valence-corrected chi connectivity index (χ4v) is 5.94. The van der Waals surface area contributed by atoms with E-state index in [0.717, 1.165) is 22.5 Å². The first kappa shape index (κ1) is 39.2. The van der Waals surface area contributed by atoms with Crippen molar-refractivity contribution < 1.29 is 18.3 Å². The van der Waals surface area contributed by atoms with Gasteiger partial charge in [-0.3, -0.25) is 0 Å². The number of anilines is 3. The van der Waals surface area contributed by atoms with Gasteiger partial charge in [0.25, 0.3) is 0 Å². The van der Waals surface area contributed by atoms with Gasteiger partial charge in [0, 0.05) is 81.6 Å².